The Morgan fingerprint density at radius 3 is 1.84 bits per heavy atom. The number of hydrogen-bond donors (Lipinski definition) is 1. The molecule has 3 rings (SSSR count). The van der Waals surface area contributed by atoms with Gasteiger partial charge in [0.1, 0.15) is 5.75 Å². The summed E-state index contributed by atoms with van der Waals surface area (Å²) in [6, 6.07) is 7.30. The number of nitrogen functional groups attached to an aromatic ring is 1. The van der Waals surface area contributed by atoms with E-state index in [2.05, 4.69) is 5.16 Å². The van der Waals surface area contributed by atoms with Crippen molar-refractivity contribution in [3.8, 4) is 45.4 Å². The molecule has 170 valence electrons. The zero-order valence-corrected chi connectivity index (χ0v) is 20.0. The lowest BCUT2D eigenvalue weighted by atomic mass is 9.96. The van der Waals surface area contributed by atoms with E-state index in [0.29, 0.717) is 34.4 Å². The lowest BCUT2D eigenvalue weighted by molar-refractivity contribution is 0.324. The summed E-state index contributed by atoms with van der Waals surface area (Å²) >= 11 is 0. The molecule has 0 aliphatic heterocycles. The lowest BCUT2D eigenvalue weighted by Crippen LogP contribution is -1.97. The molecule has 0 saturated carbocycles. The molecule has 3 aromatic rings. The second kappa shape index (κ2) is 12.4. The molecular weight excluding hydrogens is 396 g/mol. The van der Waals surface area contributed by atoms with Gasteiger partial charge < -0.3 is 29.2 Å². The Morgan fingerprint density at radius 2 is 1.39 bits per heavy atom. The van der Waals surface area contributed by atoms with Crippen LogP contribution in [0.2, 0.25) is 0 Å². The van der Waals surface area contributed by atoms with Gasteiger partial charge in [-0.2, -0.15) is 0 Å². The number of nitrogens with two attached hydrogens (primary N) is 1. The Balaban J connectivity index is 0.00000113. The molecule has 31 heavy (non-hydrogen) atoms. The van der Waals surface area contributed by atoms with Gasteiger partial charge in [0, 0.05) is 22.9 Å². The maximum atomic E-state index is 6.27. The molecule has 0 aliphatic rings. The molecule has 0 unspecified atom stereocenters. The second-order valence-electron chi connectivity index (χ2n) is 5.89. The first-order chi connectivity index (χ1) is 15.0. The van der Waals surface area contributed by atoms with Crippen LogP contribution in [0.3, 0.4) is 0 Å². The quantitative estimate of drug-likeness (QED) is 0.481. The Kier molecular flexibility index (Phi) is 10.2. The average Bonchev–Trinajstić information content (AvgIpc) is 3.29. The van der Waals surface area contributed by atoms with Crippen molar-refractivity contribution in [1.82, 2.24) is 5.16 Å². The molecule has 0 bridgehead atoms. The van der Waals surface area contributed by atoms with Crippen LogP contribution in [0.1, 0.15) is 33.3 Å². The smallest absolute Gasteiger partial charge is 0.203 e. The molecule has 0 aliphatic carbocycles. The summed E-state index contributed by atoms with van der Waals surface area (Å²) in [4.78, 5) is 0. The Hall–Kier alpha value is -3.35. The standard InChI is InChI=1S/C20H22N2O5.2C2H6/c1-11-6-13(23-2)9-15(21)18(11)14-10-22-27-19(14)12-7-16(24-3)20(26-5)17(8-12)25-4;2*1-2/h6-10H,21H2,1-5H3;2*1-2H3. The van der Waals surface area contributed by atoms with Gasteiger partial charge in [-0.25, -0.2) is 0 Å². The fourth-order valence-corrected chi connectivity index (χ4v) is 3.10. The summed E-state index contributed by atoms with van der Waals surface area (Å²) in [5.41, 5.74) is 10.1. The fourth-order valence-electron chi connectivity index (χ4n) is 3.10. The highest BCUT2D eigenvalue weighted by molar-refractivity contribution is 5.88. The molecule has 7 nitrogen and oxygen atoms in total. The van der Waals surface area contributed by atoms with Crippen molar-refractivity contribution in [3.05, 3.63) is 36.0 Å². The predicted molar refractivity (Wildman–Crippen MR) is 125 cm³/mol. The van der Waals surface area contributed by atoms with Crippen LogP contribution in [0.4, 0.5) is 5.69 Å². The van der Waals surface area contributed by atoms with E-state index >= 15 is 0 Å². The summed E-state index contributed by atoms with van der Waals surface area (Å²) < 4.78 is 27.1. The molecule has 0 amide bonds. The van der Waals surface area contributed by atoms with Crippen molar-refractivity contribution < 1.29 is 23.5 Å². The number of aryl methyl sites for hydroxylation is 1. The van der Waals surface area contributed by atoms with E-state index in [9.17, 15) is 0 Å². The third-order valence-corrected chi connectivity index (χ3v) is 4.34. The molecule has 0 radical (unpaired) electrons. The molecule has 0 spiro atoms. The minimum atomic E-state index is 0.505. The van der Waals surface area contributed by atoms with Crippen LogP contribution in [-0.2, 0) is 0 Å². The molecule has 2 N–H and O–H groups in total. The highest BCUT2D eigenvalue weighted by Crippen LogP contribution is 2.44. The van der Waals surface area contributed by atoms with Gasteiger partial charge in [-0.3, -0.25) is 0 Å². The third kappa shape index (κ3) is 5.42. The molecule has 7 heteroatoms. The molecule has 1 heterocycles. The van der Waals surface area contributed by atoms with Crippen LogP contribution in [0, 0.1) is 6.92 Å². The number of nitrogens with zero attached hydrogens (tertiary/aromatic N) is 1. The predicted octanol–water partition coefficient (Wildman–Crippen LogP) is 5.99. The number of rotatable bonds is 6. The number of hydrogen-bond acceptors (Lipinski definition) is 7. The molecule has 0 saturated heterocycles. The topological polar surface area (TPSA) is 89.0 Å². The summed E-state index contributed by atoms with van der Waals surface area (Å²) in [6.45, 7) is 9.96. The van der Waals surface area contributed by atoms with E-state index < -0.39 is 0 Å². The van der Waals surface area contributed by atoms with Crippen molar-refractivity contribution in [1.29, 1.82) is 0 Å². The van der Waals surface area contributed by atoms with E-state index in [1.807, 2.05) is 40.7 Å². The van der Waals surface area contributed by atoms with Crippen molar-refractivity contribution in [2.45, 2.75) is 34.6 Å². The maximum Gasteiger partial charge on any atom is 0.203 e. The van der Waals surface area contributed by atoms with Gasteiger partial charge in [-0.05, 0) is 30.7 Å². The molecular formula is C24H34N2O5. The van der Waals surface area contributed by atoms with Crippen LogP contribution in [0.15, 0.2) is 35.0 Å². The molecule has 2 aromatic carbocycles. The van der Waals surface area contributed by atoms with Gasteiger partial charge in [0.05, 0.1) is 40.2 Å². The van der Waals surface area contributed by atoms with E-state index in [-0.39, 0.29) is 0 Å². The monoisotopic (exact) mass is 430 g/mol. The van der Waals surface area contributed by atoms with E-state index in [0.717, 1.165) is 22.3 Å². The first-order valence-corrected chi connectivity index (χ1v) is 10.2. The highest BCUT2D eigenvalue weighted by Gasteiger charge is 2.21. The number of methoxy groups -OCH3 is 4. The average molecular weight is 431 g/mol. The van der Waals surface area contributed by atoms with E-state index in [4.69, 9.17) is 29.2 Å². The summed E-state index contributed by atoms with van der Waals surface area (Å²) in [7, 11) is 6.29. The molecule has 0 atom stereocenters. The van der Waals surface area contributed by atoms with Gasteiger partial charge in [-0.15, -0.1) is 0 Å². The molecule has 0 fully saturated rings. The zero-order valence-electron chi connectivity index (χ0n) is 20.0. The maximum absolute atomic E-state index is 6.27. The van der Waals surface area contributed by atoms with Crippen LogP contribution in [0.25, 0.3) is 22.5 Å². The van der Waals surface area contributed by atoms with Crippen LogP contribution in [0.5, 0.6) is 23.0 Å². The Morgan fingerprint density at radius 1 is 0.806 bits per heavy atom. The number of aromatic nitrogens is 1. The minimum Gasteiger partial charge on any atom is -0.497 e. The number of ether oxygens (including phenoxy) is 4. The van der Waals surface area contributed by atoms with Crippen molar-refractivity contribution in [2.75, 3.05) is 34.2 Å². The van der Waals surface area contributed by atoms with E-state index in [1.165, 1.54) is 0 Å². The number of anilines is 1. The summed E-state index contributed by atoms with van der Waals surface area (Å²) in [6.07, 6.45) is 1.64. The third-order valence-electron chi connectivity index (χ3n) is 4.34. The number of benzene rings is 2. The van der Waals surface area contributed by atoms with E-state index in [1.54, 1.807) is 52.8 Å². The summed E-state index contributed by atoms with van der Waals surface area (Å²) in [5, 5.41) is 3.98. The van der Waals surface area contributed by atoms with Gasteiger partial charge in [-0.1, -0.05) is 32.9 Å². The van der Waals surface area contributed by atoms with Gasteiger partial charge in [0.25, 0.3) is 0 Å². The first kappa shape index (κ1) is 25.7. The van der Waals surface area contributed by atoms with Gasteiger partial charge >= 0.3 is 0 Å². The summed E-state index contributed by atoms with van der Waals surface area (Å²) in [5.74, 6) is 2.79. The van der Waals surface area contributed by atoms with Crippen LogP contribution >= 0.6 is 0 Å². The van der Waals surface area contributed by atoms with Crippen LogP contribution < -0.4 is 24.7 Å². The fraction of sp³-hybridized carbons (Fsp3) is 0.375. The first-order valence-electron chi connectivity index (χ1n) is 10.2. The normalized spacial score (nSPS) is 9.58. The highest BCUT2D eigenvalue weighted by atomic mass is 16.5. The van der Waals surface area contributed by atoms with Crippen molar-refractivity contribution in [2.24, 2.45) is 0 Å². The van der Waals surface area contributed by atoms with Gasteiger partial charge in [0.15, 0.2) is 17.3 Å². The lowest BCUT2D eigenvalue weighted by Gasteiger charge is -2.14. The van der Waals surface area contributed by atoms with Crippen LogP contribution in [-0.4, -0.2) is 33.6 Å². The second-order valence-corrected chi connectivity index (χ2v) is 5.89. The zero-order chi connectivity index (χ0) is 23.6. The Bertz CT molecular complexity index is 918. The molecule has 1 aromatic heterocycles. The Labute approximate surface area is 185 Å². The SMILES string of the molecule is CC.CC.COc1cc(C)c(-c2cnoc2-c2cc(OC)c(OC)c(OC)c2)c(N)c1. The van der Waals surface area contributed by atoms with Crippen molar-refractivity contribution >= 4 is 5.69 Å². The van der Waals surface area contributed by atoms with Crippen molar-refractivity contribution in [3.63, 3.8) is 0 Å². The van der Waals surface area contributed by atoms with Gasteiger partial charge in [0.2, 0.25) is 5.75 Å². The minimum absolute atomic E-state index is 0.505. The largest absolute Gasteiger partial charge is 0.497 e.